The zero-order valence-electron chi connectivity index (χ0n) is 21.6. The molecule has 0 bridgehead atoms. The molecule has 224 valence electrons. The predicted octanol–water partition coefficient (Wildman–Crippen LogP) is 4.51. The summed E-state index contributed by atoms with van der Waals surface area (Å²) in [5.74, 6) is -2.80. The van der Waals surface area contributed by atoms with Crippen molar-refractivity contribution < 1.29 is 49.1 Å². The van der Waals surface area contributed by atoms with Crippen LogP contribution in [0.3, 0.4) is 0 Å². The molecule has 2 aromatic carbocycles. The van der Waals surface area contributed by atoms with Crippen LogP contribution in [0.1, 0.15) is 32.1 Å². The first-order valence-corrected chi connectivity index (χ1v) is 14.4. The van der Waals surface area contributed by atoms with Crippen LogP contribution in [-0.4, -0.2) is 61.0 Å². The fourth-order valence-electron chi connectivity index (χ4n) is 5.16. The van der Waals surface area contributed by atoms with E-state index >= 15 is 0 Å². The lowest BCUT2D eigenvalue weighted by molar-refractivity contribution is -0.274. The van der Waals surface area contributed by atoms with Crippen molar-refractivity contribution in [3.8, 4) is 22.9 Å². The molecule has 0 spiro atoms. The molecule has 2 amide bonds. The Bertz CT molecular complexity index is 1560. The molecule has 3 fully saturated rings. The summed E-state index contributed by atoms with van der Waals surface area (Å²) in [6.45, 7) is -0.680. The second-order valence-corrected chi connectivity index (χ2v) is 12.9. The molecule has 1 unspecified atom stereocenters. The van der Waals surface area contributed by atoms with Gasteiger partial charge in [0.25, 0.3) is 0 Å². The van der Waals surface area contributed by atoms with Crippen molar-refractivity contribution in [3.63, 3.8) is 0 Å². The average molecular weight is 616 g/mol. The van der Waals surface area contributed by atoms with Crippen LogP contribution in [0.5, 0.6) is 5.75 Å². The first-order chi connectivity index (χ1) is 19.5. The predicted molar refractivity (Wildman–Crippen MR) is 133 cm³/mol. The number of benzene rings is 2. The van der Waals surface area contributed by atoms with Crippen molar-refractivity contribution in [2.24, 2.45) is 5.41 Å². The molecular formula is C27H23F6N3O5S. The summed E-state index contributed by atoms with van der Waals surface area (Å²) in [5, 5.41) is 10.3. The molecule has 1 saturated heterocycles. The van der Waals surface area contributed by atoms with Crippen LogP contribution in [0.4, 0.5) is 26.3 Å². The summed E-state index contributed by atoms with van der Waals surface area (Å²) < 4.78 is 111. The first kappa shape index (κ1) is 29.7. The summed E-state index contributed by atoms with van der Waals surface area (Å²) in [4.78, 5) is 26.6. The molecule has 5 rings (SSSR count). The van der Waals surface area contributed by atoms with E-state index in [1.54, 1.807) is 0 Å². The lowest BCUT2D eigenvalue weighted by atomic mass is 10.0. The number of hydrogen-bond donors (Lipinski definition) is 1. The number of nitrogens with one attached hydrogen (secondary N) is 1. The van der Waals surface area contributed by atoms with E-state index in [2.05, 4.69) is 10.1 Å². The van der Waals surface area contributed by atoms with Gasteiger partial charge in [0.2, 0.25) is 11.8 Å². The topological polar surface area (TPSA) is 117 Å². The van der Waals surface area contributed by atoms with Gasteiger partial charge in [0.1, 0.15) is 22.7 Å². The number of carbonyl (C=O) groups excluding carboxylic acids is 2. The standard InChI is InChI=1S/C27H23F6N3O5S/c28-26(29,30)25(11-12-25)23(38)36-14-18(13-20(36)22(37)35-24(15-34)9-10-24)42(39,40)17-7-5-16(6-8-17)19-3-1-2-4-21(19)41-27(31,32)33/h1-8,18,20H,9-14H2,(H,35,37)/t18-,20?/m1/s1. The van der Waals surface area contributed by atoms with Crippen molar-refractivity contribution in [3.05, 3.63) is 48.5 Å². The van der Waals surface area contributed by atoms with Crippen LogP contribution >= 0.6 is 0 Å². The van der Waals surface area contributed by atoms with E-state index in [0.717, 1.165) is 18.2 Å². The van der Waals surface area contributed by atoms with Crippen molar-refractivity contribution in [1.29, 1.82) is 5.26 Å². The van der Waals surface area contributed by atoms with Gasteiger partial charge in [-0.25, -0.2) is 8.42 Å². The number of nitrogens with zero attached hydrogens (tertiary/aromatic N) is 2. The zero-order chi connectivity index (χ0) is 30.7. The number of alkyl halides is 6. The highest BCUT2D eigenvalue weighted by Crippen LogP contribution is 2.59. The minimum atomic E-state index is -4.97. The number of halogens is 6. The average Bonchev–Trinajstić information content (AvgIpc) is 3.84. The van der Waals surface area contributed by atoms with Gasteiger partial charge in [-0.05, 0) is 55.9 Å². The van der Waals surface area contributed by atoms with Gasteiger partial charge in [-0.15, -0.1) is 13.2 Å². The summed E-state index contributed by atoms with van der Waals surface area (Å²) in [5.41, 5.74) is -3.67. The molecule has 8 nitrogen and oxygen atoms in total. The number of likely N-dealkylation sites (tertiary alicyclic amines) is 1. The van der Waals surface area contributed by atoms with E-state index < -0.39 is 88.0 Å². The maximum atomic E-state index is 13.8. The Morgan fingerprint density at radius 1 is 0.976 bits per heavy atom. The number of para-hydroxylation sites is 1. The van der Waals surface area contributed by atoms with E-state index in [9.17, 15) is 49.6 Å². The summed E-state index contributed by atoms with van der Waals surface area (Å²) in [6.07, 6.45) is -10.7. The highest BCUT2D eigenvalue weighted by Gasteiger charge is 2.70. The van der Waals surface area contributed by atoms with Crippen molar-refractivity contribution in [2.75, 3.05) is 6.54 Å². The van der Waals surface area contributed by atoms with Gasteiger partial charge in [0, 0.05) is 12.1 Å². The van der Waals surface area contributed by atoms with Gasteiger partial charge >= 0.3 is 12.5 Å². The third-order valence-corrected chi connectivity index (χ3v) is 10.0. The summed E-state index contributed by atoms with van der Waals surface area (Å²) >= 11 is 0. The smallest absolute Gasteiger partial charge is 0.405 e. The molecular weight excluding hydrogens is 592 g/mol. The van der Waals surface area contributed by atoms with Gasteiger partial charge in [0.05, 0.1) is 16.2 Å². The Morgan fingerprint density at radius 3 is 2.12 bits per heavy atom. The third kappa shape index (κ3) is 5.39. The van der Waals surface area contributed by atoms with Gasteiger partial charge in [-0.2, -0.15) is 18.4 Å². The van der Waals surface area contributed by atoms with Crippen LogP contribution in [0, 0.1) is 16.7 Å². The van der Waals surface area contributed by atoms with Crippen LogP contribution < -0.4 is 10.1 Å². The van der Waals surface area contributed by atoms with Gasteiger partial charge in [0.15, 0.2) is 9.84 Å². The van der Waals surface area contributed by atoms with E-state index in [4.69, 9.17) is 0 Å². The fourth-order valence-corrected chi connectivity index (χ4v) is 6.85. The van der Waals surface area contributed by atoms with Crippen molar-refractivity contribution in [1.82, 2.24) is 10.2 Å². The Kier molecular flexibility index (Phi) is 6.99. The quantitative estimate of drug-likeness (QED) is 0.459. The summed E-state index contributed by atoms with van der Waals surface area (Å²) in [6, 6.07) is 10.3. The number of sulfone groups is 1. The van der Waals surface area contributed by atoms with Gasteiger partial charge in [-0.3, -0.25) is 9.59 Å². The molecule has 15 heteroatoms. The van der Waals surface area contributed by atoms with Crippen LogP contribution in [0.2, 0.25) is 0 Å². The highest BCUT2D eigenvalue weighted by atomic mass is 32.2. The van der Waals surface area contributed by atoms with Crippen molar-refractivity contribution in [2.45, 2.75) is 66.4 Å². The first-order valence-electron chi connectivity index (χ1n) is 12.8. The Morgan fingerprint density at radius 2 is 1.60 bits per heavy atom. The molecule has 1 aliphatic heterocycles. The Labute approximate surface area is 236 Å². The number of rotatable bonds is 7. The van der Waals surface area contributed by atoms with Crippen molar-refractivity contribution >= 4 is 21.7 Å². The number of nitriles is 1. The summed E-state index contributed by atoms with van der Waals surface area (Å²) in [7, 11) is -4.34. The molecule has 0 aromatic heterocycles. The number of amides is 2. The molecule has 1 heterocycles. The molecule has 0 radical (unpaired) electrons. The van der Waals surface area contributed by atoms with Gasteiger partial charge < -0.3 is 15.0 Å². The second-order valence-electron chi connectivity index (χ2n) is 10.7. The van der Waals surface area contributed by atoms with E-state index in [-0.39, 0.29) is 16.0 Å². The highest BCUT2D eigenvalue weighted by molar-refractivity contribution is 7.92. The molecule has 3 aliphatic rings. The largest absolute Gasteiger partial charge is 0.573 e. The molecule has 42 heavy (non-hydrogen) atoms. The number of ether oxygens (including phenoxy) is 1. The SMILES string of the molecule is N#CC1(NC(=O)C2C[C@@H](S(=O)(=O)c3ccc(-c4ccccc4OC(F)(F)F)cc3)CN2C(=O)C2(C(F)(F)F)CC2)CC1. The minimum Gasteiger partial charge on any atom is -0.405 e. The molecule has 2 atom stereocenters. The van der Waals surface area contributed by atoms with Gasteiger partial charge in [-0.1, -0.05) is 30.3 Å². The van der Waals surface area contributed by atoms with Crippen LogP contribution in [0.15, 0.2) is 53.4 Å². The van der Waals surface area contributed by atoms with E-state index in [1.165, 1.54) is 30.3 Å². The molecule has 2 aliphatic carbocycles. The van der Waals surface area contributed by atoms with E-state index in [0.29, 0.717) is 17.7 Å². The maximum Gasteiger partial charge on any atom is 0.573 e. The fraction of sp³-hybridized carbons (Fsp3) is 0.444. The second kappa shape index (κ2) is 9.89. The molecule has 2 aromatic rings. The van der Waals surface area contributed by atoms with Crippen LogP contribution in [0.25, 0.3) is 11.1 Å². The normalized spacial score (nSPS) is 22.6. The Balaban J connectivity index is 1.42. The lowest BCUT2D eigenvalue weighted by Crippen LogP contribution is -2.53. The van der Waals surface area contributed by atoms with E-state index in [1.807, 2.05) is 6.07 Å². The third-order valence-electron chi connectivity index (χ3n) is 7.90. The maximum absolute atomic E-state index is 13.8. The minimum absolute atomic E-state index is 0.0292. The monoisotopic (exact) mass is 615 g/mol. The Hall–Kier alpha value is -3.80. The molecule has 2 saturated carbocycles. The zero-order valence-corrected chi connectivity index (χ0v) is 22.4. The van der Waals surface area contributed by atoms with Crippen LogP contribution in [-0.2, 0) is 19.4 Å². The molecule has 1 N–H and O–H groups in total. The number of hydrogen-bond acceptors (Lipinski definition) is 6. The number of carbonyl (C=O) groups is 2. The lowest BCUT2D eigenvalue weighted by Gasteiger charge is -2.29.